The van der Waals surface area contributed by atoms with Crippen LogP contribution < -0.4 is 10.2 Å². The number of nitrogens with zero attached hydrogens (tertiary/aromatic N) is 1. The molecule has 4 heteroatoms. The van der Waals surface area contributed by atoms with Crippen molar-refractivity contribution in [3.8, 4) is 0 Å². The first kappa shape index (κ1) is 21.3. The lowest BCUT2D eigenvalue weighted by Crippen LogP contribution is -2.26. The summed E-state index contributed by atoms with van der Waals surface area (Å²) >= 11 is 0. The third kappa shape index (κ3) is 4.54. The molecule has 160 valence electrons. The van der Waals surface area contributed by atoms with Gasteiger partial charge in [-0.1, -0.05) is 67.6 Å². The van der Waals surface area contributed by atoms with Crippen LogP contribution in [0, 0.1) is 5.41 Å². The molecule has 4 aromatic rings. The number of benzene rings is 4. The molecule has 1 amide bonds. The maximum atomic E-state index is 13.0. The minimum absolute atomic E-state index is 0.0337. The van der Waals surface area contributed by atoms with Crippen LogP contribution >= 0.6 is 0 Å². The van der Waals surface area contributed by atoms with Gasteiger partial charge in [-0.2, -0.15) is 0 Å². The van der Waals surface area contributed by atoms with Gasteiger partial charge in [0.1, 0.15) is 0 Å². The molecule has 0 saturated carbocycles. The number of fused-ring (bicyclic) bond motifs is 1. The summed E-state index contributed by atoms with van der Waals surface area (Å²) in [6.45, 7) is 2.64. The van der Waals surface area contributed by atoms with Gasteiger partial charge >= 0.3 is 0 Å². The Morgan fingerprint density at radius 1 is 0.875 bits per heavy atom. The van der Waals surface area contributed by atoms with Gasteiger partial charge in [0.15, 0.2) is 0 Å². The molecular formula is C28H27N3O. The van der Waals surface area contributed by atoms with E-state index in [1.807, 2.05) is 97.9 Å². The molecule has 0 aromatic heterocycles. The van der Waals surface area contributed by atoms with Crippen molar-refractivity contribution in [3.05, 3.63) is 108 Å². The lowest BCUT2D eigenvalue weighted by atomic mass is 10.1. The number of rotatable bonds is 7. The fraction of sp³-hybridized carbons (Fsp3) is 0.143. The van der Waals surface area contributed by atoms with E-state index >= 15 is 0 Å². The van der Waals surface area contributed by atoms with Crippen molar-refractivity contribution in [1.82, 2.24) is 0 Å². The molecule has 0 unspecified atom stereocenters. The van der Waals surface area contributed by atoms with Crippen LogP contribution in [0.25, 0.3) is 10.8 Å². The van der Waals surface area contributed by atoms with Gasteiger partial charge in [-0.15, -0.1) is 0 Å². The van der Waals surface area contributed by atoms with Crippen LogP contribution in [0.1, 0.15) is 34.8 Å². The predicted octanol–water partition coefficient (Wildman–Crippen LogP) is 6.51. The zero-order chi connectivity index (χ0) is 22.5. The number of hydrogen-bond donors (Lipinski definition) is 2. The topological polar surface area (TPSA) is 56.2 Å². The Hall–Kier alpha value is -3.92. The summed E-state index contributed by atoms with van der Waals surface area (Å²) in [6, 6.07) is 29.8. The van der Waals surface area contributed by atoms with E-state index < -0.39 is 0 Å². The van der Waals surface area contributed by atoms with E-state index in [0.29, 0.717) is 24.2 Å². The number of carbonyl (C=O) groups excluding carboxylic acids is 1. The van der Waals surface area contributed by atoms with Crippen LogP contribution in [0.5, 0.6) is 0 Å². The average molecular weight is 422 g/mol. The minimum atomic E-state index is -0.0337. The van der Waals surface area contributed by atoms with E-state index in [4.69, 9.17) is 5.41 Å². The summed E-state index contributed by atoms with van der Waals surface area (Å²) in [5.74, 6) is -0.0337. The first-order valence-electron chi connectivity index (χ1n) is 10.8. The summed E-state index contributed by atoms with van der Waals surface area (Å²) in [4.78, 5) is 14.7. The number of nitrogens with one attached hydrogen (secondary N) is 2. The Kier molecular flexibility index (Phi) is 6.31. The summed E-state index contributed by atoms with van der Waals surface area (Å²) < 4.78 is 0. The van der Waals surface area contributed by atoms with Gasteiger partial charge in [0, 0.05) is 41.8 Å². The van der Waals surface area contributed by atoms with Crippen LogP contribution in [0.2, 0.25) is 0 Å². The molecule has 4 nitrogen and oxygen atoms in total. The van der Waals surface area contributed by atoms with Gasteiger partial charge < -0.3 is 15.6 Å². The molecule has 2 N–H and O–H groups in total. The molecule has 32 heavy (non-hydrogen) atoms. The Morgan fingerprint density at radius 3 is 2.31 bits per heavy atom. The van der Waals surface area contributed by atoms with Crippen LogP contribution in [0.4, 0.5) is 11.4 Å². The van der Waals surface area contributed by atoms with E-state index in [-0.39, 0.29) is 5.91 Å². The molecular weight excluding hydrogens is 394 g/mol. The lowest BCUT2D eigenvalue weighted by Gasteiger charge is -2.18. The van der Waals surface area contributed by atoms with E-state index in [2.05, 4.69) is 5.32 Å². The Morgan fingerprint density at radius 2 is 1.56 bits per heavy atom. The highest BCUT2D eigenvalue weighted by Gasteiger charge is 2.14. The van der Waals surface area contributed by atoms with Crippen molar-refractivity contribution in [3.63, 3.8) is 0 Å². The quantitative estimate of drug-likeness (QED) is 0.334. The van der Waals surface area contributed by atoms with E-state index in [9.17, 15) is 4.79 Å². The molecule has 0 spiro atoms. The number of para-hydroxylation sites is 1. The SMILES string of the molecule is CCC(=N)c1ccccc1NCc1ccc(N(C)C(=O)c2ccc3ccccc3c2)cc1. The second-order valence-electron chi connectivity index (χ2n) is 7.82. The number of carbonyl (C=O) groups is 1. The van der Waals surface area contributed by atoms with Gasteiger partial charge in [-0.25, -0.2) is 0 Å². The number of hydrogen-bond acceptors (Lipinski definition) is 3. The molecule has 4 rings (SSSR count). The average Bonchev–Trinajstić information content (AvgIpc) is 2.86. The highest BCUT2D eigenvalue weighted by atomic mass is 16.2. The van der Waals surface area contributed by atoms with Crippen molar-refractivity contribution in [2.24, 2.45) is 0 Å². The maximum Gasteiger partial charge on any atom is 0.258 e. The van der Waals surface area contributed by atoms with E-state index in [1.54, 1.807) is 11.9 Å². The molecule has 0 aliphatic carbocycles. The molecule has 4 aromatic carbocycles. The first-order chi connectivity index (χ1) is 15.6. The van der Waals surface area contributed by atoms with E-state index in [0.717, 1.165) is 33.3 Å². The number of anilines is 2. The second kappa shape index (κ2) is 9.48. The normalized spacial score (nSPS) is 10.7. The Bertz CT molecular complexity index is 1260. The van der Waals surface area contributed by atoms with Crippen LogP contribution in [0.3, 0.4) is 0 Å². The monoisotopic (exact) mass is 421 g/mol. The van der Waals surface area contributed by atoms with Crippen molar-refractivity contribution in [2.45, 2.75) is 19.9 Å². The molecule has 0 aliphatic rings. The zero-order valence-corrected chi connectivity index (χ0v) is 18.4. The molecule has 0 bridgehead atoms. The van der Waals surface area contributed by atoms with Gasteiger partial charge in [-0.05, 0) is 53.1 Å². The largest absolute Gasteiger partial charge is 0.380 e. The maximum absolute atomic E-state index is 13.0. The third-order valence-electron chi connectivity index (χ3n) is 5.71. The first-order valence-corrected chi connectivity index (χ1v) is 10.8. The summed E-state index contributed by atoms with van der Waals surface area (Å²) in [5, 5.41) is 13.8. The summed E-state index contributed by atoms with van der Waals surface area (Å²) in [7, 11) is 1.80. The smallest absolute Gasteiger partial charge is 0.258 e. The highest BCUT2D eigenvalue weighted by Crippen LogP contribution is 2.22. The van der Waals surface area contributed by atoms with Gasteiger partial charge in [0.05, 0.1) is 0 Å². The molecule has 0 fully saturated rings. The minimum Gasteiger partial charge on any atom is -0.380 e. The highest BCUT2D eigenvalue weighted by molar-refractivity contribution is 6.07. The fourth-order valence-electron chi connectivity index (χ4n) is 3.76. The standard InChI is InChI=1S/C28H27N3O/c1-3-26(29)25-10-6-7-11-27(25)30-19-20-12-16-24(17-13-20)31(2)28(32)23-15-14-21-8-4-5-9-22(21)18-23/h4-18,29-30H,3,19H2,1-2H3. The zero-order valence-electron chi connectivity index (χ0n) is 18.4. The fourth-order valence-corrected chi connectivity index (χ4v) is 3.76. The molecule has 0 atom stereocenters. The molecule has 0 radical (unpaired) electrons. The van der Waals surface area contributed by atoms with Crippen molar-refractivity contribution in [1.29, 1.82) is 5.41 Å². The van der Waals surface area contributed by atoms with Crippen LogP contribution in [-0.4, -0.2) is 18.7 Å². The van der Waals surface area contributed by atoms with Gasteiger partial charge in [0.2, 0.25) is 0 Å². The van der Waals surface area contributed by atoms with Gasteiger partial charge in [-0.3, -0.25) is 4.79 Å². The molecule has 0 saturated heterocycles. The Labute approximate surface area is 189 Å². The van der Waals surface area contributed by atoms with Crippen molar-refractivity contribution < 1.29 is 4.79 Å². The van der Waals surface area contributed by atoms with Gasteiger partial charge in [0.25, 0.3) is 5.91 Å². The summed E-state index contributed by atoms with van der Waals surface area (Å²) in [5.41, 5.74) is 5.15. The third-order valence-corrected chi connectivity index (χ3v) is 5.71. The van der Waals surface area contributed by atoms with Crippen LogP contribution in [0.15, 0.2) is 91.0 Å². The molecule has 0 heterocycles. The van der Waals surface area contributed by atoms with Crippen molar-refractivity contribution in [2.75, 3.05) is 17.3 Å². The number of amides is 1. The van der Waals surface area contributed by atoms with Crippen LogP contribution in [-0.2, 0) is 6.54 Å². The predicted molar refractivity (Wildman–Crippen MR) is 134 cm³/mol. The summed E-state index contributed by atoms with van der Waals surface area (Å²) in [6.07, 6.45) is 0.699. The van der Waals surface area contributed by atoms with E-state index in [1.165, 1.54) is 0 Å². The van der Waals surface area contributed by atoms with Crippen molar-refractivity contribution >= 4 is 33.8 Å². The Balaban J connectivity index is 1.45. The molecule has 0 aliphatic heterocycles. The second-order valence-corrected chi connectivity index (χ2v) is 7.82. The lowest BCUT2D eigenvalue weighted by molar-refractivity contribution is 0.0993.